The molecule has 0 radical (unpaired) electrons. The number of benzene rings is 1. The van der Waals surface area contributed by atoms with Crippen LogP contribution in [0, 0.1) is 11.8 Å². The molecule has 1 aromatic rings. The lowest BCUT2D eigenvalue weighted by Gasteiger charge is -2.38. The zero-order valence-corrected chi connectivity index (χ0v) is 25.5. The van der Waals surface area contributed by atoms with E-state index in [2.05, 4.69) is 138 Å². The van der Waals surface area contributed by atoms with E-state index in [1.54, 1.807) is 16.8 Å². The van der Waals surface area contributed by atoms with E-state index in [9.17, 15) is 0 Å². The standard InChI is InChI=1S/C42H42N2/c1-4-13-30(14-5-1)32-17-12-20-36(27-32)44-41-22-11-10-21-38(41)39-28-33(24-26-42(39)44)34-23-25-37(31-15-6-2-7-16-31)40(29-34)43-35-18-8-3-9-19-35/h2-4,6,8-15,17-19,21-23,25,27-28,34,36,38,41,43H,1,5,7,16,20,24,26,29H2. The maximum atomic E-state index is 3.84. The first-order chi connectivity index (χ1) is 21.8. The molecule has 4 unspecified atom stereocenters. The van der Waals surface area contributed by atoms with Gasteiger partial charge in [0.05, 0.1) is 12.1 Å². The van der Waals surface area contributed by atoms with Gasteiger partial charge >= 0.3 is 0 Å². The van der Waals surface area contributed by atoms with Crippen molar-refractivity contribution in [3.8, 4) is 0 Å². The molecule has 7 aliphatic rings. The molecule has 1 N–H and O–H groups in total. The maximum absolute atomic E-state index is 3.84. The predicted octanol–water partition coefficient (Wildman–Crippen LogP) is 10.1. The molecule has 8 rings (SSSR count). The Hall–Kier alpha value is -4.30. The molecule has 1 aliphatic heterocycles. The number of nitrogens with zero attached hydrogens (tertiary/aromatic N) is 1. The SMILES string of the molecule is C1=CCCC(C2=C(Nc3ccccc3)CC(C3=CC4=C(CC3)N(C3C=C(C5=CCCC=C5)C=CC3)C3C=CC=CC43)C=C2)=C1. The van der Waals surface area contributed by atoms with Gasteiger partial charge in [-0.3, -0.25) is 0 Å². The monoisotopic (exact) mass is 574 g/mol. The van der Waals surface area contributed by atoms with Crippen molar-refractivity contribution in [3.63, 3.8) is 0 Å². The van der Waals surface area contributed by atoms with Gasteiger partial charge in [-0.2, -0.15) is 0 Å². The Morgan fingerprint density at radius 1 is 0.773 bits per heavy atom. The third-order valence-electron chi connectivity index (χ3n) is 10.3. The number of para-hydroxylation sites is 1. The average Bonchev–Trinajstić information content (AvgIpc) is 3.43. The van der Waals surface area contributed by atoms with E-state index in [-0.39, 0.29) is 0 Å². The van der Waals surface area contributed by atoms with Gasteiger partial charge in [-0.25, -0.2) is 0 Å². The predicted molar refractivity (Wildman–Crippen MR) is 185 cm³/mol. The molecule has 0 fully saturated rings. The van der Waals surface area contributed by atoms with E-state index in [0.717, 1.165) is 51.4 Å². The van der Waals surface area contributed by atoms with E-state index in [0.29, 0.717) is 23.9 Å². The fraction of sp³-hybridized carbons (Fsp3) is 0.286. The molecule has 0 aromatic heterocycles. The topological polar surface area (TPSA) is 15.3 Å². The minimum absolute atomic E-state index is 0.400. The summed E-state index contributed by atoms with van der Waals surface area (Å²) in [6, 6.07) is 11.5. The number of hydrogen-bond acceptors (Lipinski definition) is 2. The number of hydrogen-bond donors (Lipinski definition) is 1. The van der Waals surface area contributed by atoms with Gasteiger partial charge in [-0.1, -0.05) is 121 Å². The van der Waals surface area contributed by atoms with Crippen LogP contribution in [0.2, 0.25) is 0 Å². The van der Waals surface area contributed by atoms with Gasteiger partial charge in [-0.05, 0) is 91.4 Å². The van der Waals surface area contributed by atoms with E-state index in [4.69, 9.17) is 0 Å². The Labute approximate surface area is 263 Å². The van der Waals surface area contributed by atoms with Crippen LogP contribution >= 0.6 is 0 Å². The van der Waals surface area contributed by atoms with Crippen LogP contribution in [0.5, 0.6) is 0 Å². The summed E-state index contributed by atoms with van der Waals surface area (Å²) in [6.07, 6.45) is 47.0. The van der Waals surface area contributed by atoms with Crippen molar-refractivity contribution in [1.82, 2.24) is 4.90 Å². The number of nitrogens with one attached hydrogen (secondary N) is 1. The van der Waals surface area contributed by atoms with E-state index in [1.807, 2.05) is 0 Å². The van der Waals surface area contributed by atoms with Crippen molar-refractivity contribution in [2.45, 2.75) is 63.5 Å². The highest BCUT2D eigenvalue weighted by Gasteiger charge is 2.42. The van der Waals surface area contributed by atoms with Crippen molar-refractivity contribution in [2.75, 3.05) is 5.32 Å². The first kappa shape index (κ1) is 27.3. The van der Waals surface area contributed by atoms with Crippen LogP contribution in [0.15, 0.2) is 172 Å². The van der Waals surface area contributed by atoms with Crippen LogP contribution < -0.4 is 5.32 Å². The van der Waals surface area contributed by atoms with Gasteiger partial charge in [0.25, 0.3) is 0 Å². The number of fused-ring (bicyclic) bond motifs is 2. The molecule has 44 heavy (non-hydrogen) atoms. The minimum atomic E-state index is 0.400. The smallest absolute Gasteiger partial charge is 0.0583 e. The molecule has 1 heterocycles. The van der Waals surface area contributed by atoms with Gasteiger partial charge < -0.3 is 10.2 Å². The molecule has 0 saturated carbocycles. The minimum Gasteiger partial charge on any atom is -0.360 e. The van der Waals surface area contributed by atoms with Crippen LogP contribution in [0.25, 0.3) is 0 Å². The quantitative estimate of drug-likeness (QED) is 0.364. The molecule has 4 atom stereocenters. The van der Waals surface area contributed by atoms with E-state index in [1.165, 1.54) is 33.7 Å². The molecule has 0 spiro atoms. The summed E-state index contributed by atoms with van der Waals surface area (Å²) in [5, 5.41) is 3.84. The highest BCUT2D eigenvalue weighted by molar-refractivity contribution is 5.58. The lowest BCUT2D eigenvalue weighted by atomic mass is 9.78. The summed E-state index contributed by atoms with van der Waals surface area (Å²) in [5.74, 6) is 0.852. The molecule has 0 saturated heterocycles. The average molecular weight is 575 g/mol. The van der Waals surface area contributed by atoms with Crippen molar-refractivity contribution < 1.29 is 0 Å². The zero-order valence-electron chi connectivity index (χ0n) is 25.5. The Morgan fingerprint density at radius 2 is 1.68 bits per heavy atom. The van der Waals surface area contributed by atoms with Crippen LogP contribution in [0.3, 0.4) is 0 Å². The van der Waals surface area contributed by atoms with Crippen molar-refractivity contribution in [1.29, 1.82) is 0 Å². The van der Waals surface area contributed by atoms with Crippen LogP contribution in [0.4, 0.5) is 5.69 Å². The van der Waals surface area contributed by atoms with Crippen LogP contribution in [0.1, 0.15) is 51.4 Å². The molecular weight excluding hydrogens is 532 g/mol. The Balaban J connectivity index is 1.10. The van der Waals surface area contributed by atoms with Gasteiger partial charge in [0.15, 0.2) is 0 Å². The fourth-order valence-electron chi connectivity index (χ4n) is 8.16. The number of anilines is 1. The summed E-state index contributed by atoms with van der Waals surface area (Å²) in [5.41, 5.74) is 12.9. The third kappa shape index (κ3) is 5.21. The lowest BCUT2D eigenvalue weighted by molar-refractivity contribution is 0.243. The second-order valence-electron chi connectivity index (χ2n) is 13.0. The zero-order chi connectivity index (χ0) is 29.3. The van der Waals surface area contributed by atoms with Crippen LogP contribution in [-0.4, -0.2) is 17.0 Å². The first-order valence-corrected chi connectivity index (χ1v) is 16.7. The van der Waals surface area contributed by atoms with Gasteiger partial charge in [-0.15, -0.1) is 0 Å². The molecule has 6 aliphatic carbocycles. The van der Waals surface area contributed by atoms with E-state index >= 15 is 0 Å². The number of allylic oxidation sites excluding steroid dienone is 19. The summed E-state index contributed by atoms with van der Waals surface area (Å²) in [6.45, 7) is 0. The Morgan fingerprint density at radius 3 is 2.55 bits per heavy atom. The van der Waals surface area contributed by atoms with Crippen molar-refractivity contribution >= 4 is 5.69 Å². The van der Waals surface area contributed by atoms with Crippen molar-refractivity contribution in [3.05, 3.63) is 172 Å². The first-order valence-electron chi connectivity index (χ1n) is 16.7. The largest absolute Gasteiger partial charge is 0.360 e. The highest BCUT2D eigenvalue weighted by atomic mass is 15.2. The summed E-state index contributed by atoms with van der Waals surface area (Å²) >= 11 is 0. The van der Waals surface area contributed by atoms with Gasteiger partial charge in [0.2, 0.25) is 0 Å². The second kappa shape index (κ2) is 12.0. The van der Waals surface area contributed by atoms with Gasteiger partial charge in [0.1, 0.15) is 0 Å². The molecule has 0 bridgehead atoms. The number of rotatable bonds is 6. The molecule has 0 amide bonds. The Bertz CT molecular complexity index is 1690. The molecule has 2 heteroatoms. The summed E-state index contributed by atoms with van der Waals surface area (Å²) in [7, 11) is 0. The lowest BCUT2D eigenvalue weighted by Crippen LogP contribution is -2.40. The molecule has 1 aromatic carbocycles. The van der Waals surface area contributed by atoms with E-state index < -0.39 is 0 Å². The summed E-state index contributed by atoms with van der Waals surface area (Å²) in [4.78, 5) is 2.78. The van der Waals surface area contributed by atoms with Gasteiger partial charge in [0, 0.05) is 28.9 Å². The Kier molecular flexibility index (Phi) is 7.44. The molecular formula is C42H42N2. The van der Waals surface area contributed by atoms with Crippen LogP contribution in [-0.2, 0) is 0 Å². The fourth-order valence-corrected chi connectivity index (χ4v) is 8.16. The van der Waals surface area contributed by atoms with Crippen molar-refractivity contribution in [2.24, 2.45) is 11.8 Å². The third-order valence-corrected chi connectivity index (χ3v) is 10.3. The normalized spacial score (nSPS) is 28.9. The highest BCUT2D eigenvalue weighted by Crippen LogP contribution is 2.48. The summed E-state index contributed by atoms with van der Waals surface area (Å²) < 4.78 is 0. The molecule has 2 nitrogen and oxygen atoms in total. The molecule has 220 valence electrons. The maximum Gasteiger partial charge on any atom is 0.0583 e. The second-order valence-corrected chi connectivity index (χ2v) is 13.0.